The minimum Gasteiger partial charge on any atom is -0.497 e. The predicted molar refractivity (Wildman–Crippen MR) is 146 cm³/mol. The summed E-state index contributed by atoms with van der Waals surface area (Å²) in [5.41, 5.74) is 3.60. The van der Waals surface area contributed by atoms with Crippen molar-refractivity contribution >= 4 is 17.7 Å². The summed E-state index contributed by atoms with van der Waals surface area (Å²) in [5, 5.41) is 12.9. The molecule has 7 heteroatoms. The van der Waals surface area contributed by atoms with Crippen molar-refractivity contribution in [3.63, 3.8) is 0 Å². The van der Waals surface area contributed by atoms with Gasteiger partial charge in [-0.05, 0) is 42.9 Å². The lowest BCUT2D eigenvalue weighted by Crippen LogP contribution is -2.25. The Bertz CT molecular complexity index is 1200. The largest absolute Gasteiger partial charge is 0.497 e. The number of rotatable bonds is 12. The Balaban J connectivity index is 1.38. The number of nitrogens with zero attached hydrogens (tertiary/aromatic N) is 3. The SMILES string of the molecule is COc1cccc(-n2c(CCCC(=O)NCCc3ccccc3)nnc2SCC2=CC=CC(C)C2)c1. The van der Waals surface area contributed by atoms with E-state index in [9.17, 15) is 4.79 Å². The van der Waals surface area contributed by atoms with Crippen LogP contribution in [0.5, 0.6) is 5.75 Å². The van der Waals surface area contributed by atoms with Gasteiger partial charge in [0.25, 0.3) is 0 Å². The molecule has 0 aliphatic heterocycles. The molecular formula is C29H34N4O2S. The van der Waals surface area contributed by atoms with Gasteiger partial charge in [0.2, 0.25) is 5.91 Å². The van der Waals surface area contributed by atoms with Gasteiger partial charge in [-0.15, -0.1) is 10.2 Å². The molecule has 1 amide bonds. The number of carbonyl (C=O) groups excluding carboxylic acids is 1. The Morgan fingerprint density at radius 3 is 2.81 bits per heavy atom. The van der Waals surface area contributed by atoms with Gasteiger partial charge in [0.15, 0.2) is 5.16 Å². The van der Waals surface area contributed by atoms with E-state index in [0.29, 0.717) is 31.7 Å². The van der Waals surface area contributed by atoms with E-state index in [-0.39, 0.29) is 5.91 Å². The Labute approximate surface area is 217 Å². The highest BCUT2D eigenvalue weighted by Gasteiger charge is 2.17. The third kappa shape index (κ3) is 7.34. The number of hydrogen-bond donors (Lipinski definition) is 1. The van der Waals surface area contributed by atoms with Gasteiger partial charge in [0, 0.05) is 31.2 Å². The van der Waals surface area contributed by atoms with Crippen LogP contribution in [0.3, 0.4) is 0 Å². The van der Waals surface area contributed by atoms with Crippen LogP contribution in [0.1, 0.15) is 37.6 Å². The molecule has 0 saturated heterocycles. The third-order valence-electron chi connectivity index (χ3n) is 6.14. The second-order valence-corrected chi connectivity index (χ2v) is 10.00. The molecule has 3 aromatic rings. The Hall–Kier alpha value is -3.32. The summed E-state index contributed by atoms with van der Waals surface area (Å²) in [5.74, 6) is 3.15. The lowest BCUT2D eigenvalue weighted by atomic mass is 9.97. The predicted octanol–water partition coefficient (Wildman–Crippen LogP) is 5.57. The van der Waals surface area contributed by atoms with Crippen molar-refractivity contribution in [1.82, 2.24) is 20.1 Å². The molecule has 1 N–H and O–H groups in total. The van der Waals surface area contributed by atoms with Gasteiger partial charge in [-0.1, -0.05) is 78.9 Å². The molecule has 0 radical (unpaired) electrons. The van der Waals surface area contributed by atoms with E-state index < -0.39 is 0 Å². The van der Waals surface area contributed by atoms with Gasteiger partial charge in [-0.25, -0.2) is 0 Å². The number of benzene rings is 2. The summed E-state index contributed by atoms with van der Waals surface area (Å²) in [6.45, 7) is 2.89. The van der Waals surface area contributed by atoms with E-state index in [1.807, 2.05) is 42.5 Å². The number of amides is 1. The second kappa shape index (κ2) is 13.1. The van der Waals surface area contributed by atoms with Gasteiger partial charge in [-0.3, -0.25) is 9.36 Å². The molecular weight excluding hydrogens is 468 g/mol. The van der Waals surface area contributed by atoms with Crippen molar-refractivity contribution in [3.05, 3.63) is 89.8 Å². The summed E-state index contributed by atoms with van der Waals surface area (Å²) in [7, 11) is 1.67. The van der Waals surface area contributed by atoms with Gasteiger partial charge in [0.1, 0.15) is 11.6 Å². The maximum atomic E-state index is 12.4. The molecule has 4 rings (SSSR count). The van der Waals surface area contributed by atoms with Crippen LogP contribution >= 0.6 is 11.8 Å². The van der Waals surface area contributed by atoms with Gasteiger partial charge < -0.3 is 10.1 Å². The number of methoxy groups -OCH3 is 1. The highest BCUT2D eigenvalue weighted by molar-refractivity contribution is 7.99. The smallest absolute Gasteiger partial charge is 0.220 e. The third-order valence-corrected chi connectivity index (χ3v) is 7.17. The van der Waals surface area contributed by atoms with Crippen LogP contribution in [0.15, 0.2) is 83.6 Å². The van der Waals surface area contributed by atoms with Gasteiger partial charge in [-0.2, -0.15) is 0 Å². The molecule has 6 nitrogen and oxygen atoms in total. The van der Waals surface area contributed by atoms with Crippen molar-refractivity contribution in [3.8, 4) is 11.4 Å². The van der Waals surface area contributed by atoms with Crippen molar-refractivity contribution < 1.29 is 9.53 Å². The van der Waals surface area contributed by atoms with Gasteiger partial charge >= 0.3 is 0 Å². The maximum Gasteiger partial charge on any atom is 0.220 e. The number of carbonyl (C=O) groups is 1. The first kappa shape index (κ1) is 25.8. The lowest BCUT2D eigenvalue weighted by Gasteiger charge is -2.15. The molecule has 0 saturated carbocycles. The molecule has 1 unspecified atom stereocenters. The summed E-state index contributed by atoms with van der Waals surface area (Å²) >= 11 is 1.70. The molecule has 1 aliphatic carbocycles. The fourth-order valence-electron chi connectivity index (χ4n) is 4.25. The van der Waals surface area contributed by atoms with Crippen molar-refractivity contribution in [1.29, 1.82) is 0 Å². The Morgan fingerprint density at radius 2 is 2.00 bits per heavy atom. The number of thioether (sulfide) groups is 1. The molecule has 2 aromatic carbocycles. The van der Waals surface area contributed by atoms with Crippen LogP contribution < -0.4 is 10.1 Å². The molecule has 36 heavy (non-hydrogen) atoms. The lowest BCUT2D eigenvalue weighted by molar-refractivity contribution is -0.121. The number of allylic oxidation sites excluding steroid dienone is 3. The first-order valence-corrected chi connectivity index (χ1v) is 13.5. The van der Waals surface area contributed by atoms with Crippen LogP contribution in [-0.4, -0.2) is 40.1 Å². The fourth-order valence-corrected chi connectivity index (χ4v) is 5.21. The highest BCUT2D eigenvalue weighted by Crippen LogP contribution is 2.29. The normalized spacial score (nSPS) is 14.9. The van der Waals surface area contributed by atoms with E-state index in [1.54, 1.807) is 18.9 Å². The van der Waals surface area contributed by atoms with E-state index in [0.717, 1.165) is 41.0 Å². The molecule has 0 fully saturated rings. The fraction of sp³-hybridized carbons (Fsp3) is 0.345. The minimum absolute atomic E-state index is 0.0689. The van der Waals surface area contributed by atoms with E-state index >= 15 is 0 Å². The molecule has 0 spiro atoms. The van der Waals surface area contributed by atoms with Crippen molar-refractivity contribution in [2.75, 3.05) is 19.4 Å². The maximum absolute atomic E-state index is 12.4. The zero-order valence-electron chi connectivity index (χ0n) is 21.0. The van der Waals surface area contributed by atoms with Crippen LogP contribution in [-0.2, 0) is 17.6 Å². The quantitative estimate of drug-likeness (QED) is 0.328. The van der Waals surface area contributed by atoms with Crippen LogP contribution in [0, 0.1) is 5.92 Å². The van der Waals surface area contributed by atoms with Crippen LogP contribution in [0.25, 0.3) is 5.69 Å². The first-order valence-electron chi connectivity index (χ1n) is 12.5. The monoisotopic (exact) mass is 502 g/mol. The summed E-state index contributed by atoms with van der Waals surface area (Å²) in [6.07, 6.45) is 10.3. The zero-order chi connectivity index (χ0) is 25.2. The summed E-state index contributed by atoms with van der Waals surface area (Å²) in [6, 6.07) is 18.1. The molecule has 188 valence electrons. The average molecular weight is 503 g/mol. The number of aryl methyl sites for hydroxylation is 1. The molecule has 1 atom stereocenters. The summed E-state index contributed by atoms with van der Waals surface area (Å²) in [4.78, 5) is 12.4. The van der Waals surface area contributed by atoms with Crippen molar-refractivity contribution in [2.24, 2.45) is 5.92 Å². The Kier molecular flexibility index (Phi) is 9.39. The number of ether oxygens (including phenoxy) is 1. The van der Waals surface area contributed by atoms with Crippen LogP contribution in [0.2, 0.25) is 0 Å². The number of aromatic nitrogens is 3. The average Bonchev–Trinajstić information content (AvgIpc) is 3.31. The molecule has 1 aromatic heterocycles. The van der Waals surface area contributed by atoms with E-state index in [4.69, 9.17) is 4.74 Å². The van der Waals surface area contributed by atoms with Gasteiger partial charge in [0.05, 0.1) is 12.8 Å². The minimum atomic E-state index is 0.0689. The van der Waals surface area contributed by atoms with Crippen LogP contribution in [0.4, 0.5) is 0 Å². The molecule has 1 aliphatic rings. The first-order chi connectivity index (χ1) is 17.6. The van der Waals surface area contributed by atoms with E-state index in [1.165, 1.54) is 11.1 Å². The number of nitrogens with one attached hydrogen (secondary N) is 1. The molecule has 0 bridgehead atoms. The summed E-state index contributed by atoms with van der Waals surface area (Å²) < 4.78 is 7.55. The standard InChI is InChI=1S/C29H34N4O2S/c1-22-9-6-12-24(19-22)21-36-29-32-31-27(33(29)25-13-7-14-26(20-25)35-2)15-8-16-28(34)30-18-17-23-10-4-3-5-11-23/h3-7,9-14,20,22H,8,15-19,21H2,1-2H3,(H,30,34). The van der Waals surface area contributed by atoms with E-state index in [2.05, 4.69) is 57.4 Å². The zero-order valence-corrected chi connectivity index (χ0v) is 21.8. The van der Waals surface area contributed by atoms with Crippen molar-refractivity contribution in [2.45, 2.75) is 44.2 Å². The topological polar surface area (TPSA) is 69.0 Å². The number of hydrogen-bond acceptors (Lipinski definition) is 5. The molecule has 1 heterocycles. The highest BCUT2D eigenvalue weighted by atomic mass is 32.2. The Morgan fingerprint density at radius 1 is 1.14 bits per heavy atom. The second-order valence-electron chi connectivity index (χ2n) is 9.05.